The third-order valence-electron chi connectivity index (χ3n) is 6.06. The first kappa shape index (κ1) is 35.3. The molecule has 0 saturated carbocycles. The van der Waals surface area contributed by atoms with Crippen molar-refractivity contribution in [2.75, 3.05) is 11.5 Å². The van der Waals surface area contributed by atoms with Gasteiger partial charge in [-0.1, -0.05) is 0 Å². The Balaban J connectivity index is 1.82. The predicted octanol–water partition coefficient (Wildman–Crippen LogP) is 5.80. The Bertz CT molecular complexity index is 2070. The Morgan fingerprint density at radius 3 is 1.13 bits per heavy atom. The summed E-state index contributed by atoms with van der Waals surface area (Å²) in [6, 6.07) is 7.35. The Kier molecular flexibility index (Phi) is 8.94. The summed E-state index contributed by atoms with van der Waals surface area (Å²) in [5.41, 5.74) is 7.20. The number of rotatable bonds is 8. The number of nitrogen functional groups attached to an aromatic ring is 2. The fraction of sp³-hybridized carbons (Fsp3) is 0.0769. The summed E-state index contributed by atoms with van der Waals surface area (Å²) < 4.78 is 186. The first-order valence-electron chi connectivity index (χ1n) is 12.2. The first-order valence-corrected chi connectivity index (χ1v) is 16.5. The van der Waals surface area contributed by atoms with E-state index in [4.69, 9.17) is 20.9 Å². The number of halogens is 6. The smallest absolute Gasteiger partial charge is 0.420 e. The van der Waals surface area contributed by atoms with Gasteiger partial charge in [-0.25, -0.2) is 8.42 Å². The summed E-state index contributed by atoms with van der Waals surface area (Å²) in [6.07, 6.45) is -10.1. The molecule has 0 unspecified atom stereocenters. The van der Waals surface area contributed by atoms with Gasteiger partial charge in [-0.15, -0.1) is 0 Å². The van der Waals surface area contributed by atoms with Crippen molar-refractivity contribution < 1.29 is 70.2 Å². The molecule has 0 aliphatic rings. The normalized spacial score (nSPS) is 12.9. The maximum atomic E-state index is 13.5. The van der Waals surface area contributed by atoms with Crippen LogP contribution in [0.1, 0.15) is 11.1 Å². The van der Waals surface area contributed by atoms with E-state index in [9.17, 15) is 60.7 Å². The third-order valence-corrected chi connectivity index (χ3v) is 9.56. The summed E-state index contributed by atoms with van der Waals surface area (Å²) >= 11 is 0. The molecule has 0 aliphatic heterocycles. The van der Waals surface area contributed by atoms with E-state index in [0.717, 1.165) is 24.3 Å². The zero-order valence-electron chi connectivity index (χ0n) is 22.7. The maximum absolute atomic E-state index is 13.5. The van der Waals surface area contributed by atoms with E-state index in [1.165, 1.54) is 0 Å². The zero-order chi connectivity index (χ0) is 35.3. The monoisotopic (exact) mass is 728 g/mol. The molecule has 0 amide bonds. The van der Waals surface area contributed by atoms with Crippen LogP contribution in [0.2, 0.25) is 0 Å². The molecule has 12 nitrogen and oxygen atoms in total. The number of hydrogen-bond acceptors (Lipinski definition) is 10. The number of ether oxygens (including phenoxy) is 2. The van der Waals surface area contributed by atoms with E-state index in [0.29, 0.717) is 36.4 Å². The van der Waals surface area contributed by atoms with Gasteiger partial charge in [0, 0.05) is 11.4 Å². The molecule has 0 atom stereocenters. The number of sulfone groups is 1. The molecule has 21 heteroatoms. The van der Waals surface area contributed by atoms with Crippen LogP contribution in [0.5, 0.6) is 23.0 Å². The lowest BCUT2D eigenvalue weighted by molar-refractivity contribution is -0.139. The lowest BCUT2D eigenvalue weighted by Crippen LogP contribution is -2.11. The summed E-state index contributed by atoms with van der Waals surface area (Å²) in [5.74, 6) is -3.88. The first-order chi connectivity index (χ1) is 21.4. The number of hydrogen-bond donors (Lipinski definition) is 4. The van der Waals surface area contributed by atoms with Crippen molar-refractivity contribution in [2.24, 2.45) is 0 Å². The topological polar surface area (TPSA) is 213 Å². The molecule has 4 rings (SSSR count). The molecule has 6 N–H and O–H groups in total. The van der Waals surface area contributed by atoms with E-state index in [1.807, 2.05) is 0 Å². The van der Waals surface area contributed by atoms with Crippen LogP contribution in [-0.2, 0) is 42.4 Å². The average molecular weight is 729 g/mol. The van der Waals surface area contributed by atoms with Crippen molar-refractivity contribution in [2.45, 2.75) is 31.9 Å². The maximum Gasteiger partial charge on any atom is 0.420 e. The van der Waals surface area contributed by atoms with Crippen molar-refractivity contribution in [3.63, 3.8) is 0 Å². The molecule has 0 saturated heterocycles. The van der Waals surface area contributed by atoms with Crippen molar-refractivity contribution in [1.82, 2.24) is 0 Å². The Morgan fingerprint density at radius 1 is 0.511 bits per heavy atom. The third kappa shape index (κ3) is 7.71. The minimum Gasteiger partial charge on any atom is -0.455 e. The van der Waals surface area contributed by atoms with Gasteiger partial charge in [0.15, 0.2) is 0 Å². The molecule has 252 valence electrons. The summed E-state index contributed by atoms with van der Waals surface area (Å²) in [4.78, 5) is -4.64. The SMILES string of the molecule is Nc1ccc(Oc2ccc(S(=O)(=O)c3ccc(Oc4ccc(N)cc4C(F)(F)F)c(S(=O)(=O)O)c3)cc2S(=O)(=O)O)c(C(F)(F)F)c1. The van der Waals surface area contributed by atoms with Gasteiger partial charge in [-0.3, -0.25) is 9.11 Å². The molecule has 0 fully saturated rings. The number of nitrogens with two attached hydrogens (primary N) is 2. The van der Waals surface area contributed by atoms with Crippen LogP contribution in [0.4, 0.5) is 37.7 Å². The van der Waals surface area contributed by atoms with Crippen molar-refractivity contribution in [3.05, 3.63) is 83.9 Å². The minimum absolute atomic E-state index is 0.284. The highest BCUT2D eigenvalue weighted by atomic mass is 32.2. The van der Waals surface area contributed by atoms with Gasteiger partial charge in [0.05, 0.1) is 9.79 Å². The number of alkyl halides is 6. The molecule has 0 bridgehead atoms. The molecule has 0 aromatic heterocycles. The molecular formula is C26H18F6N2O10S3. The van der Waals surface area contributed by atoms with Crippen LogP contribution in [0.15, 0.2) is 92.4 Å². The molecule has 0 aliphatic carbocycles. The summed E-state index contributed by atoms with van der Waals surface area (Å²) in [5, 5.41) is 0. The van der Waals surface area contributed by atoms with Crippen LogP contribution in [0.25, 0.3) is 0 Å². The molecular weight excluding hydrogens is 710 g/mol. The molecule has 0 radical (unpaired) electrons. The van der Waals surface area contributed by atoms with E-state index in [2.05, 4.69) is 0 Å². The summed E-state index contributed by atoms with van der Waals surface area (Å²) in [6.45, 7) is 0. The van der Waals surface area contributed by atoms with E-state index in [-0.39, 0.29) is 23.5 Å². The second kappa shape index (κ2) is 11.9. The van der Waals surface area contributed by atoms with Gasteiger partial charge < -0.3 is 20.9 Å². The second-order valence-corrected chi connectivity index (χ2v) is 14.1. The quantitative estimate of drug-likeness (QED) is 0.0963. The highest BCUT2D eigenvalue weighted by Gasteiger charge is 2.37. The predicted molar refractivity (Wildman–Crippen MR) is 150 cm³/mol. The Labute approximate surface area is 261 Å². The largest absolute Gasteiger partial charge is 0.455 e. The second-order valence-electron chi connectivity index (χ2n) is 9.38. The van der Waals surface area contributed by atoms with E-state index in [1.54, 1.807) is 0 Å². The standard InChI is InChI=1S/C26H18F6N2O10S3/c27-25(28,29)17-9-13(33)1-5-19(17)43-21-7-3-15(11-23(21)46(37,38)39)45(35,36)16-4-8-22(24(12-16)47(40,41)42)44-20-6-2-14(34)10-18(20)26(30,31)32/h1-12H,33-34H2,(H,37,38,39)(H,40,41,42). The van der Waals surface area contributed by atoms with E-state index < -0.39 is 96.1 Å². The highest BCUT2D eigenvalue weighted by molar-refractivity contribution is 7.91. The van der Waals surface area contributed by atoms with Gasteiger partial charge in [-0.2, -0.15) is 43.2 Å². The molecule has 0 spiro atoms. The van der Waals surface area contributed by atoms with Crippen molar-refractivity contribution in [1.29, 1.82) is 0 Å². The van der Waals surface area contributed by atoms with Crippen molar-refractivity contribution in [3.8, 4) is 23.0 Å². The van der Waals surface area contributed by atoms with Crippen LogP contribution in [0.3, 0.4) is 0 Å². The van der Waals surface area contributed by atoms with Crippen LogP contribution >= 0.6 is 0 Å². The van der Waals surface area contributed by atoms with Crippen molar-refractivity contribution >= 4 is 41.4 Å². The number of benzene rings is 4. The summed E-state index contributed by atoms with van der Waals surface area (Å²) in [7, 11) is -15.9. The fourth-order valence-electron chi connectivity index (χ4n) is 3.97. The van der Waals surface area contributed by atoms with Gasteiger partial charge in [0.1, 0.15) is 43.9 Å². The van der Waals surface area contributed by atoms with Crippen LogP contribution in [0, 0.1) is 0 Å². The minimum atomic E-state index is -5.42. The highest BCUT2D eigenvalue weighted by Crippen LogP contribution is 2.43. The van der Waals surface area contributed by atoms with Gasteiger partial charge >= 0.3 is 12.4 Å². The van der Waals surface area contributed by atoms with Crippen LogP contribution < -0.4 is 20.9 Å². The Morgan fingerprint density at radius 2 is 0.830 bits per heavy atom. The van der Waals surface area contributed by atoms with Gasteiger partial charge in [0.25, 0.3) is 20.2 Å². The molecule has 4 aromatic rings. The molecule has 0 heterocycles. The van der Waals surface area contributed by atoms with Gasteiger partial charge in [0.2, 0.25) is 9.84 Å². The van der Waals surface area contributed by atoms with Gasteiger partial charge in [-0.05, 0) is 72.8 Å². The zero-order valence-corrected chi connectivity index (χ0v) is 25.2. The Hall–Kier alpha value is -4.57. The van der Waals surface area contributed by atoms with E-state index >= 15 is 0 Å². The lowest BCUT2D eigenvalue weighted by atomic mass is 10.1. The molecule has 4 aromatic carbocycles. The number of anilines is 2. The molecule has 47 heavy (non-hydrogen) atoms. The average Bonchev–Trinajstić information content (AvgIpc) is 2.93. The fourth-order valence-corrected chi connectivity index (χ4v) is 6.71. The lowest BCUT2D eigenvalue weighted by Gasteiger charge is -2.17. The van der Waals surface area contributed by atoms with Crippen LogP contribution in [-0.4, -0.2) is 34.4 Å².